The van der Waals surface area contributed by atoms with Crippen LogP contribution in [-0.2, 0) is 9.59 Å². The molecule has 2 aliphatic heterocycles. The van der Waals surface area contributed by atoms with Gasteiger partial charge in [-0.3, -0.25) is 14.5 Å². The van der Waals surface area contributed by atoms with Gasteiger partial charge >= 0.3 is 0 Å². The summed E-state index contributed by atoms with van der Waals surface area (Å²) in [5.74, 6) is 1.03. The van der Waals surface area contributed by atoms with E-state index in [1.54, 1.807) is 25.1 Å². The van der Waals surface area contributed by atoms with Crippen LogP contribution in [-0.4, -0.2) is 36.1 Å². The fourth-order valence-electron chi connectivity index (χ4n) is 2.32. The second-order valence-electron chi connectivity index (χ2n) is 4.45. The summed E-state index contributed by atoms with van der Waals surface area (Å²) in [4.78, 5) is 24.9. The van der Waals surface area contributed by atoms with Gasteiger partial charge in [0.05, 0.1) is 6.42 Å². The Morgan fingerprint density at radius 1 is 1.32 bits per heavy atom. The van der Waals surface area contributed by atoms with Gasteiger partial charge in [-0.2, -0.15) is 0 Å². The lowest BCUT2D eigenvalue weighted by atomic mass is 10.2. The number of carbonyl (C=O) groups excluding carboxylic acids is 2. The molecule has 1 fully saturated rings. The first kappa shape index (κ1) is 11.8. The van der Waals surface area contributed by atoms with Crippen molar-refractivity contribution in [2.45, 2.75) is 19.4 Å². The van der Waals surface area contributed by atoms with Gasteiger partial charge < -0.3 is 14.8 Å². The Labute approximate surface area is 110 Å². The van der Waals surface area contributed by atoms with Crippen LogP contribution in [0, 0.1) is 0 Å². The lowest BCUT2D eigenvalue weighted by Crippen LogP contribution is -2.34. The van der Waals surface area contributed by atoms with Crippen molar-refractivity contribution in [2.24, 2.45) is 0 Å². The van der Waals surface area contributed by atoms with Crippen molar-refractivity contribution < 1.29 is 19.1 Å². The number of amides is 2. The number of carbonyl (C=O) groups is 2. The molecular formula is C13H14N2O4. The molecule has 2 amide bonds. The molecule has 2 heterocycles. The van der Waals surface area contributed by atoms with E-state index in [0.29, 0.717) is 18.0 Å². The van der Waals surface area contributed by atoms with Gasteiger partial charge in [-0.1, -0.05) is 0 Å². The molecule has 0 radical (unpaired) electrons. The number of rotatable bonds is 3. The van der Waals surface area contributed by atoms with Crippen LogP contribution in [0.5, 0.6) is 11.5 Å². The van der Waals surface area contributed by atoms with Crippen molar-refractivity contribution in [3.05, 3.63) is 18.2 Å². The Hall–Kier alpha value is -2.24. The van der Waals surface area contributed by atoms with E-state index in [1.807, 2.05) is 0 Å². The maximum Gasteiger partial charge on any atom is 0.252 e. The number of likely N-dealkylation sites (tertiary alicyclic amines) is 1. The van der Waals surface area contributed by atoms with Gasteiger partial charge in [0.25, 0.3) is 5.91 Å². The molecule has 19 heavy (non-hydrogen) atoms. The van der Waals surface area contributed by atoms with E-state index in [0.717, 1.165) is 5.69 Å². The fourth-order valence-corrected chi connectivity index (χ4v) is 2.32. The van der Waals surface area contributed by atoms with Gasteiger partial charge in [0.15, 0.2) is 11.5 Å². The third-order valence-corrected chi connectivity index (χ3v) is 3.27. The molecule has 6 heteroatoms. The van der Waals surface area contributed by atoms with Crippen molar-refractivity contribution in [1.29, 1.82) is 0 Å². The van der Waals surface area contributed by atoms with Crippen LogP contribution in [0.1, 0.15) is 13.3 Å². The first-order valence-electron chi connectivity index (χ1n) is 6.19. The molecule has 6 nitrogen and oxygen atoms in total. The van der Waals surface area contributed by atoms with Crippen LogP contribution in [0.15, 0.2) is 18.2 Å². The maximum atomic E-state index is 12.0. The van der Waals surface area contributed by atoms with Gasteiger partial charge in [0, 0.05) is 18.3 Å². The summed E-state index contributed by atoms with van der Waals surface area (Å²) in [5.41, 5.74) is 0.744. The number of anilines is 1. The van der Waals surface area contributed by atoms with Crippen LogP contribution in [0.25, 0.3) is 0 Å². The summed E-state index contributed by atoms with van der Waals surface area (Å²) in [5, 5.41) is 3.07. The molecule has 1 saturated heterocycles. The second-order valence-corrected chi connectivity index (χ2v) is 4.45. The Balaban J connectivity index is 1.75. The molecule has 0 aliphatic carbocycles. The third kappa shape index (κ3) is 1.99. The topological polar surface area (TPSA) is 67.9 Å². The van der Waals surface area contributed by atoms with Crippen molar-refractivity contribution >= 4 is 17.5 Å². The van der Waals surface area contributed by atoms with Crippen LogP contribution < -0.4 is 14.8 Å². The molecule has 3 rings (SSSR count). The van der Waals surface area contributed by atoms with E-state index in [-0.39, 0.29) is 25.0 Å². The summed E-state index contributed by atoms with van der Waals surface area (Å²) in [6.07, 6.45) is 0.196. The summed E-state index contributed by atoms with van der Waals surface area (Å²) < 4.78 is 10.5. The maximum absolute atomic E-state index is 12.0. The van der Waals surface area contributed by atoms with E-state index in [2.05, 4.69) is 5.32 Å². The second kappa shape index (κ2) is 4.46. The van der Waals surface area contributed by atoms with Crippen molar-refractivity contribution in [3.63, 3.8) is 0 Å². The molecular weight excluding hydrogens is 248 g/mol. The minimum Gasteiger partial charge on any atom is -0.454 e. The lowest BCUT2D eigenvalue weighted by molar-refractivity contribution is -0.138. The van der Waals surface area contributed by atoms with Crippen molar-refractivity contribution in [2.75, 3.05) is 18.7 Å². The lowest BCUT2D eigenvalue weighted by Gasteiger charge is -2.14. The van der Waals surface area contributed by atoms with Gasteiger partial charge in [-0.25, -0.2) is 0 Å². The third-order valence-electron chi connectivity index (χ3n) is 3.27. The Bertz CT molecular complexity index is 543. The van der Waals surface area contributed by atoms with E-state index in [1.165, 1.54) is 4.90 Å². The van der Waals surface area contributed by atoms with Gasteiger partial charge in [0.2, 0.25) is 12.7 Å². The molecule has 0 unspecified atom stereocenters. The van der Waals surface area contributed by atoms with Gasteiger partial charge in [0.1, 0.15) is 6.04 Å². The largest absolute Gasteiger partial charge is 0.454 e. The smallest absolute Gasteiger partial charge is 0.252 e. The van der Waals surface area contributed by atoms with Gasteiger partial charge in [-0.05, 0) is 19.1 Å². The van der Waals surface area contributed by atoms with Crippen molar-refractivity contribution in [1.82, 2.24) is 4.90 Å². The molecule has 2 aliphatic rings. The van der Waals surface area contributed by atoms with Gasteiger partial charge in [-0.15, -0.1) is 0 Å². The van der Waals surface area contributed by atoms with E-state index in [4.69, 9.17) is 9.47 Å². The highest BCUT2D eigenvalue weighted by Gasteiger charge is 2.37. The van der Waals surface area contributed by atoms with E-state index < -0.39 is 6.04 Å². The van der Waals surface area contributed by atoms with E-state index in [9.17, 15) is 9.59 Å². The molecule has 1 N–H and O–H groups in total. The number of imide groups is 1. The molecule has 0 aromatic heterocycles. The highest BCUT2D eigenvalue weighted by molar-refractivity contribution is 6.06. The Kier molecular flexibility index (Phi) is 2.77. The number of hydrogen-bond acceptors (Lipinski definition) is 5. The zero-order chi connectivity index (χ0) is 13.4. The fraction of sp³-hybridized carbons (Fsp3) is 0.385. The number of benzene rings is 1. The quantitative estimate of drug-likeness (QED) is 0.822. The SMILES string of the molecule is CCN1C(=O)C[C@@H](Nc2ccc3c(c2)OCO3)C1=O. The zero-order valence-electron chi connectivity index (χ0n) is 10.5. The average Bonchev–Trinajstić information content (AvgIpc) is 2.95. The molecule has 0 bridgehead atoms. The van der Waals surface area contributed by atoms with Crippen LogP contribution in [0.4, 0.5) is 5.69 Å². The Morgan fingerprint density at radius 3 is 2.84 bits per heavy atom. The molecule has 1 aromatic carbocycles. The van der Waals surface area contributed by atoms with Crippen LogP contribution >= 0.6 is 0 Å². The summed E-state index contributed by atoms with van der Waals surface area (Å²) in [6.45, 7) is 2.42. The molecule has 1 atom stereocenters. The van der Waals surface area contributed by atoms with Crippen molar-refractivity contribution in [3.8, 4) is 11.5 Å². The predicted molar refractivity (Wildman–Crippen MR) is 67.0 cm³/mol. The number of nitrogens with one attached hydrogen (secondary N) is 1. The summed E-state index contributed by atoms with van der Waals surface area (Å²) >= 11 is 0. The standard InChI is InChI=1S/C13H14N2O4/c1-2-15-12(16)6-9(13(15)17)14-8-3-4-10-11(5-8)19-7-18-10/h3-5,9,14H,2,6-7H2,1H3/t9-/m1/s1. The number of hydrogen-bond donors (Lipinski definition) is 1. The first-order chi connectivity index (χ1) is 9.19. The average molecular weight is 262 g/mol. The monoisotopic (exact) mass is 262 g/mol. The first-order valence-corrected chi connectivity index (χ1v) is 6.19. The molecule has 1 aromatic rings. The number of fused-ring (bicyclic) bond motifs is 1. The molecule has 0 spiro atoms. The summed E-state index contributed by atoms with van der Waals surface area (Å²) in [7, 11) is 0. The van der Waals surface area contributed by atoms with Crippen LogP contribution in [0.2, 0.25) is 0 Å². The number of ether oxygens (including phenoxy) is 2. The normalized spacial score (nSPS) is 21.1. The highest BCUT2D eigenvalue weighted by atomic mass is 16.7. The summed E-state index contributed by atoms with van der Waals surface area (Å²) in [6, 6.07) is 4.87. The van der Waals surface area contributed by atoms with E-state index >= 15 is 0 Å². The molecule has 0 saturated carbocycles. The minimum atomic E-state index is -0.493. The highest BCUT2D eigenvalue weighted by Crippen LogP contribution is 2.34. The minimum absolute atomic E-state index is 0.134. The number of nitrogens with zero attached hydrogens (tertiary/aromatic N) is 1. The number of likely N-dealkylation sites (N-methyl/N-ethyl adjacent to an activating group) is 1. The molecule has 100 valence electrons. The Morgan fingerprint density at radius 2 is 2.11 bits per heavy atom. The predicted octanol–water partition coefficient (Wildman–Crippen LogP) is 0.975. The zero-order valence-corrected chi connectivity index (χ0v) is 10.5. The van der Waals surface area contributed by atoms with Crippen LogP contribution in [0.3, 0.4) is 0 Å².